The molecule has 2 amide bonds. The van der Waals surface area contributed by atoms with Crippen LogP contribution in [0.2, 0.25) is 0 Å². The van der Waals surface area contributed by atoms with Crippen molar-refractivity contribution in [3.8, 4) is 0 Å². The summed E-state index contributed by atoms with van der Waals surface area (Å²) in [4.78, 5) is 30.4. The van der Waals surface area contributed by atoms with Crippen LogP contribution in [0.5, 0.6) is 0 Å². The SMILES string of the molecule is CC(C)SC1=C(c2ccc(F)cc2)C(=O)N(c2ccc(N3CCCC3)cc2)C1=O. The van der Waals surface area contributed by atoms with Crippen LogP contribution in [0.4, 0.5) is 15.8 Å². The van der Waals surface area contributed by atoms with E-state index < -0.39 is 0 Å². The number of hydrogen-bond donors (Lipinski definition) is 0. The highest BCUT2D eigenvalue weighted by Crippen LogP contribution is 2.40. The zero-order chi connectivity index (χ0) is 20.5. The molecule has 0 spiro atoms. The Balaban J connectivity index is 1.68. The zero-order valence-corrected chi connectivity index (χ0v) is 17.3. The first kappa shape index (κ1) is 19.7. The molecule has 2 aromatic carbocycles. The van der Waals surface area contributed by atoms with E-state index in [0.717, 1.165) is 18.8 Å². The molecule has 2 aromatic rings. The van der Waals surface area contributed by atoms with E-state index in [1.165, 1.54) is 41.6 Å². The summed E-state index contributed by atoms with van der Waals surface area (Å²) in [5.41, 5.74) is 2.57. The summed E-state index contributed by atoms with van der Waals surface area (Å²) in [6.07, 6.45) is 2.37. The number of amides is 2. The minimum atomic E-state index is -0.376. The van der Waals surface area contributed by atoms with Gasteiger partial charge in [-0.3, -0.25) is 9.59 Å². The molecular weight excluding hydrogens is 387 g/mol. The maximum atomic E-state index is 13.4. The number of imide groups is 1. The van der Waals surface area contributed by atoms with Crippen LogP contribution >= 0.6 is 11.8 Å². The lowest BCUT2D eigenvalue weighted by Crippen LogP contribution is -2.31. The van der Waals surface area contributed by atoms with E-state index in [4.69, 9.17) is 0 Å². The van der Waals surface area contributed by atoms with Crippen LogP contribution in [-0.4, -0.2) is 30.2 Å². The van der Waals surface area contributed by atoms with Gasteiger partial charge in [0.05, 0.1) is 16.2 Å². The Morgan fingerprint density at radius 3 is 2.03 bits per heavy atom. The second kappa shape index (κ2) is 8.03. The number of carbonyl (C=O) groups is 2. The molecule has 2 heterocycles. The van der Waals surface area contributed by atoms with Crippen LogP contribution in [0.3, 0.4) is 0 Å². The predicted molar refractivity (Wildman–Crippen MR) is 116 cm³/mol. The molecule has 0 bridgehead atoms. The molecular formula is C23H23FN2O2S. The highest BCUT2D eigenvalue weighted by molar-refractivity contribution is 8.04. The van der Waals surface area contributed by atoms with E-state index in [9.17, 15) is 14.0 Å². The van der Waals surface area contributed by atoms with Gasteiger partial charge >= 0.3 is 0 Å². The molecule has 0 atom stereocenters. The number of anilines is 2. The molecule has 1 saturated heterocycles. The van der Waals surface area contributed by atoms with E-state index in [0.29, 0.717) is 21.7 Å². The standard InChI is InChI=1S/C23H23FN2O2S/c1-15(2)29-21-20(16-5-7-17(24)8-6-16)22(27)26(23(21)28)19-11-9-18(10-12-19)25-13-3-4-14-25/h5-12,15H,3-4,13-14H2,1-2H3. The summed E-state index contributed by atoms with van der Waals surface area (Å²) in [7, 11) is 0. The van der Waals surface area contributed by atoms with Crippen LogP contribution in [0.1, 0.15) is 32.3 Å². The second-order valence-corrected chi connectivity index (χ2v) is 9.12. The van der Waals surface area contributed by atoms with Crippen molar-refractivity contribution in [3.63, 3.8) is 0 Å². The highest BCUT2D eigenvalue weighted by atomic mass is 32.2. The van der Waals surface area contributed by atoms with E-state index in [1.54, 1.807) is 12.1 Å². The van der Waals surface area contributed by atoms with E-state index in [1.807, 2.05) is 38.1 Å². The first-order chi connectivity index (χ1) is 14.0. The summed E-state index contributed by atoms with van der Waals surface area (Å²) in [6, 6.07) is 13.3. The van der Waals surface area contributed by atoms with Crippen LogP contribution in [0.25, 0.3) is 5.57 Å². The fraction of sp³-hybridized carbons (Fsp3) is 0.304. The third-order valence-corrected chi connectivity index (χ3v) is 6.19. The van der Waals surface area contributed by atoms with Crippen molar-refractivity contribution in [1.29, 1.82) is 0 Å². The monoisotopic (exact) mass is 410 g/mol. The first-order valence-electron chi connectivity index (χ1n) is 9.86. The number of rotatable bonds is 5. The van der Waals surface area contributed by atoms with Crippen LogP contribution in [0, 0.1) is 5.82 Å². The molecule has 1 fully saturated rings. The Labute approximate surface area is 174 Å². The molecule has 0 saturated carbocycles. The topological polar surface area (TPSA) is 40.6 Å². The molecule has 0 radical (unpaired) electrons. The Morgan fingerprint density at radius 1 is 0.862 bits per heavy atom. The minimum Gasteiger partial charge on any atom is -0.372 e. The summed E-state index contributed by atoms with van der Waals surface area (Å²) in [5.74, 6) is -1.06. The average Bonchev–Trinajstić information content (AvgIpc) is 3.31. The van der Waals surface area contributed by atoms with Crippen LogP contribution in [0.15, 0.2) is 53.4 Å². The zero-order valence-electron chi connectivity index (χ0n) is 16.5. The van der Waals surface area contributed by atoms with E-state index in [-0.39, 0.29) is 22.9 Å². The third kappa shape index (κ3) is 3.81. The predicted octanol–water partition coefficient (Wildman–Crippen LogP) is 4.85. The molecule has 2 aliphatic rings. The number of carbonyl (C=O) groups excluding carboxylic acids is 2. The largest absolute Gasteiger partial charge is 0.372 e. The Bertz CT molecular complexity index is 961. The molecule has 0 N–H and O–H groups in total. The molecule has 29 heavy (non-hydrogen) atoms. The van der Waals surface area contributed by atoms with Crippen molar-refractivity contribution in [2.75, 3.05) is 22.9 Å². The van der Waals surface area contributed by atoms with Crippen molar-refractivity contribution < 1.29 is 14.0 Å². The molecule has 2 aliphatic heterocycles. The van der Waals surface area contributed by atoms with Crippen molar-refractivity contribution >= 4 is 40.5 Å². The van der Waals surface area contributed by atoms with Gasteiger partial charge in [0.15, 0.2) is 0 Å². The molecule has 4 rings (SSSR count). The van der Waals surface area contributed by atoms with Gasteiger partial charge in [0.2, 0.25) is 0 Å². The number of hydrogen-bond acceptors (Lipinski definition) is 4. The van der Waals surface area contributed by atoms with Gasteiger partial charge in [0.25, 0.3) is 11.8 Å². The average molecular weight is 411 g/mol. The van der Waals surface area contributed by atoms with Gasteiger partial charge in [-0.2, -0.15) is 0 Å². The lowest BCUT2D eigenvalue weighted by atomic mass is 10.1. The third-order valence-electron chi connectivity index (χ3n) is 5.11. The fourth-order valence-corrected chi connectivity index (χ4v) is 4.73. The van der Waals surface area contributed by atoms with E-state index in [2.05, 4.69) is 4.90 Å². The van der Waals surface area contributed by atoms with Gasteiger partial charge in [0, 0.05) is 24.0 Å². The minimum absolute atomic E-state index is 0.134. The van der Waals surface area contributed by atoms with Crippen LogP contribution < -0.4 is 9.80 Å². The number of nitrogens with zero attached hydrogens (tertiary/aromatic N) is 2. The van der Waals surface area contributed by atoms with Crippen molar-refractivity contribution in [3.05, 3.63) is 64.8 Å². The molecule has 4 nitrogen and oxygen atoms in total. The summed E-state index contributed by atoms with van der Waals surface area (Å²) in [5, 5.41) is 0.134. The highest BCUT2D eigenvalue weighted by Gasteiger charge is 2.40. The van der Waals surface area contributed by atoms with Crippen molar-refractivity contribution in [2.24, 2.45) is 0 Å². The van der Waals surface area contributed by atoms with Gasteiger partial charge in [-0.25, -0.2) is 9.29 Å². The van der Waals surface area contributed by atoms with Crippen LogP contribution in [-0.2, 0) is 9.59 Å². The summed E-state index contributed by atoms with van der Waals surface area (Å²) < 4.78 is 13.4. The second-order valence-electron chi connectivity index (χ2n) is 7.53. The van der Waals surface area contributed by atoms with Crippen molar-refractivity contribution in [1.82, 2.24) is 0 Å². The van der Waals surface area contributed by atoms with Gasteiger partial charge in [-0.1, -0.05) is 26.0 Å². The van der Waals surface area contributed by atoms with Gasteiger partial charge in [-0.05, 0) is 54.8 Å². The molecule has 0 aliphatic carbocycles. The maximum absolute atomic E-state index is 13.4. The van der Waals surface area contributed by atoms with E-state index >= 15 is 0 Å². The summed E-state index contributed by atoms with van der Waals surface area (Å²) >= 11 is 1.37. The molecule has 0 unspecified atom stereocenters. The lowest BCUT2D eigenvalue weighted by Gasteiger charge is -2.20. The van der Waals surface area contributed by atoms with Gasteiger partial charge in [-0.15, -0.1) is 11.8 Å². The fourth-order valence-electron chi connectivity index (χ4n) is 3.75. The summed E-state index contributed by atoms with van der Waals surface area (Å²) in [6.45, 7) is 6.02. The Morgan fingerprint density at radius 2 is 1.45 bits per heavy atom. The first-order valence-corrected chi connectivity index (χ1v) is 10.7. The van der Waals surface area contributed by atoms with Gasteiger partial charge in [0.1, 0.15) is 5.82 Å². The molecule has 6 heteroatoms. The van der Waals surface area contributed by atoms with Gasteiger partial charge < -0.3 is 4.90 Å². The number of benzene rings is 2. The smallest absolute Gasteiger partial charge is 0.272 e. The Hall–Kier alpha value is -2.60. The van der Waals surface area contributed by atoms with Crippen molar-refractivity contribution in [2.45, 2.75) is 31.9 Å². The Kier molecular flexibility index (Phi) is 5.46. The number of halogens is 1. The molecule has 0 aromatic heterocycles. The number of thioether (sulfide) groups is 1. The normalized spacial score (nSPS) is 17.2. The quantitative estimate of drug-likeness (QED) is 0.661. The molecule has 150 valence electrons. The maximum Gasteiger partial charge on any atom is 0.272 e. The lowest BCUT2D eigenvalue weighted by molar-refractivity contribution is -0.119.